The van der Waals surface area contributed by atoms with Crippen molar-refractivity contribution in [3.63, 3.8) is 0 Å². The van der Waals surface area contributed by atoms with Gasteiger partial charge in [-0.2, -0.15) is 4.99 Å². The minimum Gasteiger partial charge on any atom is -0.244 e. The maximum Gasteiger partial charge on any atom is 0.235 e. The first-order valence-electron chi connectivity index (χ1n) is 5.77. The normalized spacial score (nSPS) is 41.3. The molecule has 17 heavy (non-hydrogen) atoms. The quantitative estimate of drug-likeness (QED) is 0.557. The number of isocyanates is 1. The summed E-state index contributed by atoms with van der Waals surface area (Å²) in [5, 5.41) is 0. The van der Waals surface area contributed by atoms with Crippen LogP contribution in [-0.2, 0) is 14.6 Å². The molecule has 1 heterocycles. The fourth-order valence-electron chi connectivity index (χ4n) is 3.20. The van der Waals surface area contributed by atoms with E-state index in [1.54, 1.807) is 0 Å². The van der Waals surface area contributed by atoms with Gasteiger partial charge in [0.15, 0.2) is 0 Å². The lowest BCUT2D eigenvalue weighted by Gasteiger charge is -2.51. The summed E-state index contributed by atoms with van der Waals surface area (Å²) < 4.78 is 36.3. The predicted molar refractivity (Wildman–Crippen MR) is 61.0 cm³/mol. The van der Waals surface area contributed by atoms with Crippen LogP contribution in [0.15, 0.2) is 4.99 Å². The number of hydrogen-bond acceptors (Lipinski definition) is 4. The van der Waals surface area contributed by atoms with E-state index in [-0.39, 0.29) is 30.3 Å². The molecule has 96 valence electrons. The Bertz CT molecular complexity index is 443. The molecule has 2 fully saturated rings. The Hall–Kier alpha value is -0.740. The van der Waals surface area contributed by atoms with Crippen LogP contribution in [0, 0.1) is 5.92 Å². The van der Waals surface area contributed by atoms with Crippen LogP contribution in [-0.4, -0.2) is 37.2 Å². The molecule has 0 radical (unpaired) electrons. The zero-order valence-corrected chi connectivity index (χ0v) is 10.6. The van der Waals surface area contributed by atoms with Crippen molar-refractivity contribution in [3.8, 4) is 0 Å². The Balaban J connectivity index is 2.13. The van der Waals surface area contributed by atoms with Crippen LogP contribution < -0.4 is 0 Å². The van der Waals surface area contributed by atoms with Gasteiger partial charge in [0.1, 0.15) is 15.5 Å². The third kappa shape index (κ3) is 2.43. The molecule has 0 unspecified atom stereocenters. The van der Waals surface area contributed by atoms with Crippen LogP contribution in [0.3, 0.4) is 0 Å². The van der Waals surface area contributed by atoms with Gasteiger partial charge < -0.3 is 0 Å². The second-order valence-corrected chi connectivity index (χ2v) is 7.80. The van der Waals surface area contributed by atoms with E-state index in [0.29, 0.717) is 12.8 Å². The van der Waals surface area contributed by atoms with Crippen LogP contribution in [0.25, 0.3) is 0 Å². The summed E-state index contributed by atoms with van der Waals surface area (Å²) in [4.78, 5) is 14.2. The average molecular weight is 261 g/mol. The highest BCUT2D eigenvalue weighted by molar-refractivity contribution is 7.91. The highest BCUT2D eigenvalue weighted by Crippen LogP contribution is 2.53. The van der Waals surface area contributed by atoms with Gasteiger partial charge in [0, 0.05) is 12.8 Å². The highest BCUT2D eigenvalue weighted by Gasteiger charge is 2.57. The van der Waals surface area contributed by atoms with Gasteiger partial charge in [-0.3, -0.25) is 0 Å². The van der Waals surface area contributed by atoms with Gasteiger partial charge in [-0.25, -0.2) is 17.6 Å². The molecule has 0 bridgehead atoms. The number of rotatable bonds is 2. The van der Waals surface area contributed by atoms with Crippen LogP contribution in [0.5, 0.6) is 0 Å². The number of aliphatic imine (C=N–C) groups is 1. The van der Waals surface area contributed by atoms with E-state index < -0.39 is 21.0 Å². The number of alkyl halides is 1. The summed E-state index contributed by atoms with van der Waals surface area (Å²) in [5.74, 6) is 0.240. The molecule has 4 nitrogen and oxygen atoms in total. The molecule has 1 aliphatic carbocycles. The van der Waals surface area contributed by atoms with Gasteiger partial charge in [-0.05, 0) is 25.7 Å². The fraction of sp³-hybridized carbons (Fsp3) is 0.909. The molecule has 2 rings (SSSR count). The summed E-state index contributed by atoms with van der Waals surface area (Å²) >= 11 is 0. The van der Waals surface area contributed by atoms with Crippen molar-refractivity contribution in [3.05, 3.63) is 0 Å². The van der Waals surface area contributed by atoms with Gasteiger partial charge in [0.2, 0.25) is 6.08 Å². The van der Waals surface area contributed by atoms with E-state index >= 15 is 0 Å². The van der Waals surface area contributed by atoms with E-state index in [0.717, 1.165) is 0 Å². The van der Waals surface area contributed by atoms with Crippen LogP contribution >= 0.6 is 0 Å². The first-order chi connectivity index (χ1) is 7.79. The standard InChI is InChI=1S/C11H16FNO3S/c1-10(12)6-11(7-10,13-8-14)9-2-4-17(15,16)5-3-9/h9H,2-7H2,1H3. The highest BCUT2D eigenvalue weighted by atomic mass is 32.2. The van der Waals surface area contributed by atoms with E-state index in [9.17, 15) is 17.6 Å². The minimum atomic E-state index is -2.94. The molecular formula is C11H16FNO3S. The summed E-state index contributed by atoms with van der Waals surface area (Å²) in [6.45, 7) is 1.49. The van der Waals surface area contributed by atoms with Crippen molar-refractivity contribution in [2.75, 3.05) is 11.5 Å². The van der Waals surface area contributed by atoms with E-state index in [4.69, 9.17) is 0 Å². The van der Waals surface area contributed by atoms with Crippen LogP contribution in [0.1, 0.15) is 32.6 Å². The largest absolute Gasteiger partial charge is 0.244 e. The molecule has 6 heteroatoms. The van der Waals surface area contributed by atoms with Crippen molar-refractivity contribution in [1.29, 1.82) is 0 Å². The molecule has 0 aromatic rings. The van der Waals surface area contributed by atoms with Crippen molar-refractivity contribution in [1.82, 2.24) is 0 Å². The SMILES string of the molecule is CC1(F)CC(N=C=O)(C2CCS(=O)(=O)CC2)C1. The molecule has 0 spiro atoms. The first-order valence-corrected chi connectivity index (χ1v) is 7.59. The van der Waals surface area contributed by atoms with Crippen molar-refractivity contribution >= 4 is 15.9 Å². The number of carbonyl (C=O) groups excluding carboxylic acids is 1. The number of hydrogen-bond donors (Lipinski definition) is 0. The Morgan fingerprint density at radius 1 is 1.29 bits per heavy atom. The van der Waals surface area contributed by atoms with E-state index in [2.05, 4.69) is 4.99 Å². The lowest BCUT2D eigenvalue weighted by molar-refractivity contribution is -0.0291. The Morgan fingerprint density at radius 2 is 1.82 bits per heavy atom. The second kappa shape index (κ2) is 3.89. The predicted octanol–water partition coefficient (Wildman–Crippen LogP) is 1.41. The Kier molecular flexibility index (Phi) is 2.91. The topological polar surface area (TPSA) is 63.6 Å². The van der Waals surface area contributed by atoms with E-state index in [1.165, 1.54) is 13.0 Å². The molecule has 0 N–H and O–H groups in total. The third-order valence-corrected chi connectivity index (χ3v) is 5.65. The smallest absolute Gasteiger partial charge is 0.235 e. The van der Waals surface area contributed by atoms with Gasteiger partial charge in [0.25, 0.3) is 0 Å². The summed E-state index contributed by atoms with van der Waals surface area (Å²) in [7, 11) is -2.94. The number of sulfone groups is 1. The molecule has 2 aliphatic rings. The minimum absolute atomic E-state index is 0.00343. The number of halogens is 1. The zero-order chi connectivity index (χ0) is 12.7. The zero-order valence-electron chi connectivity index (χ0n) is 9.78. The Labute approximate surface area is 100 Å². The van der Waals surface area contributed by atoms with Crippen molar-refractivity contribution < 1.29 is 17.6 Å². The molecule has 0 atom stereocenters. The maximum atomic E-state index is 13.6. The molecule has 1 saturated carbocycles. The average Bonchev–Trinajstić information content (AvgIpc) is 2.14. The summed E-state index contributed by atoms with van der Waals surface area (Å²) in [6.07, 6.45) is 2.89. The van der Waals surface area contributed by atoms with Crippen molar-refractivity contribution in [2.45, 2.75) is 43.8 Å². The molecular weight excluding hydrogens is 245 g/mol. The molecule has 1 saturated heterocycles. The second-order valence-electron chi connectivity index (χ2n) is 5.50. The molecule has 0 amide bonds. The molecule has 0 aromatic carbocycles. The maximum absolute atomic E-state index is 13.6. The van der Waals surface area contributed by atoms with Gasteiger partial charge in [0.05, 0.1) is 17.0 Å². The first kappa shape index (κ1) is 12.7. The van der Waals surface area contributed by atoms with Crippen molar-refractivity contribution in [2.24, 2.45) is 10.9 Å². The van der Waals surface area contributed by atoms with Crippen LogP contribution in [0.4, 0.5) is 4.39 Å². The van der Waals surface area contributed by atoms with Gasteiger partial charge in [-0.15, -0.1) is 0 Å². The molecule has 1 aliphatic heterocycles. The number of nitrogens with zero attached hydrogens (tertiary/aromatic N) is 1. The lowest BCUT2D eigenvalue weighted by atomic mass is 9.60. The third-order valence-electron chi connectivity index (χ3n) is 3.93. The van der Waals surface area contributed by atoms with Gasteiger partial charge >= 0.3 is 0 Å². The monoisotopic (exact) mass is 261 g/mol. The summed E-state index contributed by atoms with van der Waals surface area (Å²) in [6, 6.07) is 0. The summed E-state index contributed by atoms with van der Waals surface area (Å²) in [5.41, 5.74) is -1.97. The van der Waals surface area contributed by atoms with Gasteiger partial charge in [-0.1, -0.05) is 0 Å². The van der Waals surface area contributed by atoms with Crippen LogP contribution in [0.2, 0.25) is 0 Å². The fourth-order valence-corrected chi connectivity index (χ4v) is 4.69. The molecule has 0 aromatic heterocycles. The lowest BCUT2D eigenvalue weighted by Crippen LogP contribution is -2.57. The Morgan fingerprint density at radius 3 is 2.24 bits per heavy atom. The van der Waals surface area contributed by atoms with E-state index in [1.807, 2.05) is 0 Å².